The number of sulfonamides is 1. The summed E-state index contributed by atoms with van der Waals surface area (Å²) in [5.74, 6) is 0. The Morgan fingerprint density at radius 3 is 2.20 bits per heavy atom. The van der Waals surface area contributed by atoms with Gasteiger partial charge in [0.1, 0.15) is 0 Å². The molecule has 0 radical (unpaired) electrons. The monoisotopic (exact) mass is 298 g/mol. The van der Waals surface area contributed by atoms with Gasteiger partial charge in [0.05, 0.1) is 36.1 Å². The van der Waals surface area contributed by atoms with Crippen LogP contribution in [0.1, 0.15) is 18.9 Å². The molecule has 0 aliphatic carbocycles. The molecule has 1 aromatic rings. The van der Waals surface area contributed by atoms with Crippen LogP contribution in [-0.4, -0.2) is 37.4 Å². The van der Waals surface area contributed by atoms with Gasteiger partial charge in [-0.2, -0.15) is 5.26 Å². The van der Waals surface area contributed by atoms with Crippen molar-refractivity contribution < 1.29 is 18.6 Å². The van der Waals surface area contributed by atoms with Gasteiger partial charge in [-0.3, -0.25) is 0 Å². The fourth-order valence-electron chi connectivity index (χ4n) is 1.63. The predicted octanol–water partition coefficient (Wildman–Crippen LogP) is 0.164. The molecule has 0 spiro atoms. The van der Waals surface area contributed by atoms with E-state index < -0.39 is 28.8 Å². The number of hydrogen-bond acceptors (Lipinski definition) is 5. The Bertz CT molecular complexity index is 563. The normalized spacial score (nSPS) is 12.1. The molecule has 7 heteroatoms. The van der Waals surface area contributed by atoms with E-state index in [0.717, 1.165) is 5.56 Å². The van der Waals surface area contributed by atoms with Gasteiger partial charge in [0.15, 0.2) is 0 Å². The summed E-state index contributed by atoms with van der Waals surface area (Å²) in [6.07, 6.45) is 0.464. The average Bonchev–Trinajstić information content (AvgIpc) is 2.46. The van der Waals surface area contributed by atoms with E-state index in [1.807, 2.05) is 6.07 Å². The molecule has 110 valence electrons. The van der Waals surface area contributed by atoms with Gasteiger partial charge in [0, 0.05) is 0 Å². The highest BCUT2D eigenvalue weighted by atomic mass is 32.2. The fraction of sp³-hybridized carbons (Fsp3) is 0.462. The van der Waals surface area contributed by atoms with Gasteiger partial charge in [-0.1, -0.05) is 19.1 Å². The molecule has 0 aromatic heterocycles. The van der Waals surface area contributed by atoms with Crippen molar-refractivity contribution in [3.8, 4) is 6.07 Å². The third kappa shape index (κ3) is 3.77. The van der Waals surface area contributed by atoms with Crippen LogP contribution >= 0.6 is 0 Å². The first-order valence-electron chi connectivity index (χ1n) is 6.14. The number of benzene rings is 1. The molecule has 0 fully saturated rings. The second-order valence-electron chi connectivity index (χ2n) is 4.53. The highest BCUT2D eigenvalue weighted by Gasteiger charge is 2.32. The van der Waals surface area contributed by atoms with Crippen molar-refractivity contribution in [2.24, 2.45) is 0 Å². The Hall–Kier alpha value is -1.46. The average molecular weight is 298 g/mol. The first-order chi connectivity index (χ1) is 9.43. The molecule has 6 nitrogen and oxygen atoms in total. The summed E-state index contributed by atoms with van der Waals surface area (Å²) in [4.78, 5) is 0.0268. The summed E-state index contributed by atoms with van der Waals surface area (Å²) in [7, 11) is -3.84. The van der Waals surface area contributed by atoms with Crippen LogP contribution in [0.15, 0.2) is 29.2 Å². The Kier molecular flexibility index (Phi) is 5.65. The number of hydrogen-bond donors (Lipinski definition) is 3. The fourth-order valence-corrected chi connectivity index (χ4v) is 3.09. The molecular weight excluding hydrogens is 280 g/mol. The number of nitriles is 1. The van der Waals surface area contributed by atoms with E-state index in [1.165, 1.54) is 12.1 Å². The lowest BCUT2D eigenvalue weighted by Crippen LogP contribution is -2.53. The zero-order valence-corrected chi connectivity index (χ0v) is 12.0. The van der Waals surface area contributed by atoms with Gasteiger partial charge >= 0.3 is 0 Å². The van der Waals surface area contributed by atoms with E-state index in [-0.39, 0.29) is 17.7 Å². The topological polar surface area (TPSA) is 110 Å². The summed E-state index contributed by atoms with van der Waals surface area (Å²) in [6, 6.07) is 7.88. The van der Waals surface area contributed by atoms with Gasteiger partial charge in [-0.05, 0) is 24.1 Å². The second-order valence-corrected chi connectivity index (χ2v) is 6.22. The molecule has 0 aliphatic heterocycles. The van der Waals surface area contributed by atoms with E-state index in [4.69, 9.17) is 5.26 Å². The second kappa shape index (κ2) is 6.81. The maximum absolute atomic E-state index is 12.2. The van der Waals surface area contributed by atoms with E-state index >= 15 is 0 Å². The van der Waals surface area contributed by atoms with Crippen LogP contribution in [0.25, 0.3) is 0 Å². The molecule has 0 amide bonds. The number of aliphatic hydroxyl groups excluding tert-OH is 2. The molecule has 1 aromatic carbocycles. The number of nitrogens with zero attached hydrogens (tertiary/aromatic N) is 1. The molecule has 3 N–H and O–H groups in total. The van der Waals surface area contributed by atoms with Gasteiger partial charge in [-0.25, -0.2) is 13.1 Å². The third-order valence-corrected chi connectivity index (χ3v) is 4.74. The van der Waals surface area contributed by atoms with Gasteiger partial charge in [0.25, 0.3) is 0 Å². The van der Waals surface area contributed by atoms with Crippen molar-refractivity contribution in [3.63, 3.8) is 0 Å². The molecule has 0 atom stereocenters. The summed E-state index contributed by atoms with van der Waals surface area (Å²) < 4.78 is 26.7. The maximum atomic E-state index is 12.2. The van der Waals surface area contributed by atoms with Crippen molar-refractivity contribution in [3.05, 3.63) is 29.8 Å². The standard InChI is InChI=1S/C13H18N2O4S/c1-2-13(9-16,10-17)15-20(18,19)12-5-3-11(4-6-12)7-8-14/h3-6,15-17H,2,7,9-10H2,1H3. The highest BCUT2D eigenvalue weighted by Crippen LogP contribution is 2.16. The first kappa shape index (κ1) is 16.6. The molecule has 0 unspecified atom stereocenters. The van der Waals surface area contributed by atoms with Gasteiger partial charge in [-0.15, -0.1) is 0 Å². The summed E-state index contributed by atoms with van der Waals surface area (Å²) >= 11 is 0. The molecule has 0 saturated carbocycles. The van der Waals surface area contributed by atoms with Crippen LogP contribution in [0.4, 0.5) is 0 Å². The zero-order valence-electron chi connectivity index (χ0n) is 11.2. The van der Waals surface area contributed by atoms with Crippen LogP contribution in [0.3, 0.4) is 0 Å². The Balaban J connectivity index is 3.02. The van der Waals surface area contributed by atoms with Crippen LogP contribution in [0, 0.1) is 11.3 Å². The van der Waals surface area contributed by atoms with E-state index in [0.29, 0.717) is 0 Å². The SMILES string of the molecule is CCC(CO)(CO)NS(=O)(=O)c1ccc(CC#N)cc1. The van der Waals surface area contributed by atoms with E-state index in [1.54, 1.807) is 19.1 Å². The van der Waals surface area contributed by atoms with Crippen molar-refractivity contribution in [2.75, 3.05) is 13.2 Å². The van der Waals surface area contributed by atoms with E-state index in [2.05, 4.69) is 4.72 Å². The summed E-state index contributed by atoms with van der Waals surface area (Å²) in [5.41, 5.74) is -0.554. The third-order valence-electron chi connectivity index (χ3n) is 3.15. The largest absolute Gasteiger partial charge is 0.394 e. The van der Waals surface area contributed by atoms with Gasteiger partial charge in [0.2, 0.25) is 10.0 Å². The molecular formula is C13H18N2O4S. The molecule has 20 heavy (non-hydrogen) atoms. The number of rotatable bonds is 7. The lowest BCUT2D eigenvalue weighted by atomic mass is 10.0. The minimum Gasteiger partial charge on any atom is -0.394 e. The summed E-state index contributed by atoms with van der Waals surface area (Å²) in [5, 5.41) is 27.1. The predicted molar refractivity (Wildman–Crippen MR) is 73.3 cm³/mol. The van der Waals surface area contributed by atoms with Crippen LogP contribution < -0.4 is 4.72 Å². The van der Waals surface area contributed by atoms with Crippen molar-refractivity contribution in [2.45, 2.75) is 30.2 Å². The van der Waals surface area contributed by atoms with Crippen molar-refractivity contribution >= 4 is 10.0 Å². The summed E-state index contributed by atoms with van der Waals surface area (Å²) in [6.45, 7) is 0.683. The molecule has 1 rings (SSSR count). The smallest absolute Gasteiger partial charge is 0.241 e. The van der Waals surface area contributed by atoms with Crippen LogP contribution in [0.2, 0.25) is 0 Å². The molecule has 0 aliphatic rings. The van der Waals surface area contributed by atoms with Crippen molar-refractivity contribution in [1.29, 1.82) is 5.26 Å². The lowest BCUT2D eigenvalue weighted by molar-refractivity contribution is 0.105. The van der Waals surface area contributed by atoms with Crippen LogP contribution in [-0.2, 0) is 16.4 Å². The highest BCUT2D eigenvalue weighted by molar-refractivity contribution is 7.89. The van der Waals surface area contributed by atoms with E-state index in [9.17, 15) is 18.6 Å². The van der Waals surface area contributed by atoms with Gasteiger partial charge < -0.3 is 10.2 Å². The molecule has 0 bridgehead atoms. The zero-order chi connectivity index (χ0) is 15.2. The minimum absolute atomic E-state index is 0.0268. The molecule has 0 heterocycles. The van der Waals surface area contributed by atoms with Crippen molar-refractivity contribution in [1.82, 2.24) is 4.72 Å². The Labute approximate surface area is 118 Å². The Morgan fingerprint density at radius 1 is 1.25 bits per heavy atom. The minimum atomic E-state index is -3.84. The number of nitrogens with one attached hydrogen (secondary N) is 1. The lowest BCUT2D eigenvalue weighted by Gasteiger charge is -2.29. The Morgan fingerprint density at radius 2 is 1.80 bits per heavy atom. The maximum Gasteiger partial charge on any atom is 0.241 e. The number of aliphatic hydroxyl groups is 2. The first-order valence-corrected chi connectivity index (χ1v) is 7.63. The molecule has 0 saturated heterocycles. The quantitative estimate of drug-likeness (QED) is 0.664. The van der Waals surface area contributed by atoms with Crippen LogP contribution in [0.5, 0.6) is 0 Å².